The molecule has 1 atom stereocenters. The molecular weight excluding hydrogens is 350 g/mol. The van der Waals surface area contributed by atoms with Crippen LogP contribution in [0.4, 0.5) is 11.4 Å². The van der Waals surface area contributed by atoms with Crippen molar-refractivity contribution < 1.29 is 9.22 Å². The zero-order valence-electron chi connectivity index (χ0n) is 17.3. The van der Waals surface area contributed by atoms with E-state index in [2.05, 4.69) is 33.9 Å². The molecule has 2 aromatic rings. The van der Waals surface area contributed by atoms with Crippen LogP contribution in [-0.2, 0) is 9.22 Å². The minimum absolute atomic E-state index is 0.0851. The first-order valence-corrected chi connectivity index (χ1v) is 12.3. The standard InChI is InChI=1S/C23H31NO2Si/c1-19(26-27(5,6)23(2,3)4)17-18-22(25)24(20-13-9-7-10-14-20)21-15-11-8-12-16-21/h7-19H,1-6H3/t19-/m1/s1. The third-order valence-electron chi connectivity index (χ3n) is 5.05. The molecule has 2 aromatic carbocycles. The molecule has 0 fully saturated rings. The third-order valence-corrected chi connectivity index (χ3v) is 9.62. The van der Waals surface area contributed by atoms with Crippen LogP contribution in [0, 0.1) is 0 Å². The van der Waals surface area contributed by atoms with Gasteiger partial charge in [0.15, 0.2) is 8.32 Å². The molecule has 0 aliphatic carbocycles. The van der Waals surface area contributed by atoms with Crippen molar-refractivity contribution in [3.8, 4) is 0 Å². The number of amides is 1. The third kappa shape index (κ3) is 5.65. The van der Waals surface area contributed by atoms with E-state index in [-0.39, 0.29) is 17.0 Å². The Hall–Kier alpha value is -2.17. The first-order valence-electron chi connectivity index (χ1n) is 9.42. The number of benzene rings is 2. The Morgan fingerprint density at radius 3 is 1.81 bits per heavy atom. The molecule has 0 spiro atoms. The monoisotopic (exact) mass is 381 g/mol. The molecule has 0 radical (unpaired) electrons. The van der Waals surface area contributed by atoms with Gasteiger partial charge in [0.1, 0.15) is 0 Å². The minimum Gasteiger partial charge on any atom is -0.411 e. The molecule has 1 amide bonds. The minimum atomic E-state index is -1.87. The van der Waals surface area contributed by atoms with E-state index in [9.17, 15) is 4.79 Å². The van der Waals surface area contributed by atoms with Gasteiger partial charge in [0.05, 0.1) is 6.10 Å². The summed E-state index contributed by atoms with van der Waals surface area (Å²) in [5.74, 6) is -0.0851. The molecular formula is C23H31NO2Si. The average molecular weight is 382 g/mol. The van der Waals surface area contributed by atoms with Crippen LogP contribution in [0.3, 0.4) is 0 Å². The summed E-state index contributed by atoms with van der Waals surface area (Å²) < 4.78 is 6.33. The molecule has 0 saturated carbocycles. The maximum atomic E-state index is 13.0. The Kier molecular flexibility index (Phi) is 6.79. The molecule has 0 bridgehead atoms. The fourth-order valence-electron chi connectivity index (χ4n) is 2.53. The van der Waals surface area contributed by atoms with E-state index in [4.69, 9.17) is 4.43 Å². The smallest absolute Gasteiger partial charge is 0.255 e. The van der Waals surface area contributed by atoms with Crippen molar-refractivity contribution in [1.29, 1.82) is 0 Å². The molecule has 144 valence electrons. The second-order valence-corrected chi connectivity index (χ2v) is 13.0. The first-order chi connectivity index (χ1) is 12.6. The molecule has 2 rings (SSSR count). The first kappa shape index (κ1) is 21.1. The van der Waals surface area contributed by atoms with E-state index in [1.807, 2.05) is 73.7 Å². The zero-order valence-corrected chi connectivity index (χ0v) is 18.3. The molecule has 0 aliphatic heterocycles. The van der Waals surface area contributed by atoms with Crippen molar-refractivity contribution in [2.45, 2.75) is 51.9 Å². The SMILES string of the molecule is C[C@H](C=CC(=O)N(c1ccccc1)c1ccccc1)O[Si](C)(C)C(C)(C)C. The van der Waals surface area contributed by atoms with Crippen molar-refractivity contribution in [3.63, 3.8) is 0 Å². The number of anilines is 2. The Labute approximate surface area is 164 Å². The highest BCUT2D eigenvalue weighted by molar-refractivity contribution is 6.74. The van der Waals surface area contributed by atoms with E-state index in [0.29, 0.717) is 0 Å². The van der Waals surface area contributed by atoms with Crippen molar-refractivity contribution in [2.75, 3.05) is 4.90 Å². The highest BCUT2D eigenvalue weighted by Crippen LogP contribution is 2.37. The summed E-state index contributed by atoms with van der Waals surface area (Å²) in [7, 11) is -1.87. The quantitative estimate of drug-likeness (QED) is 0.433. The number of carbonyl (C=O) groups is 1. The lowest BCUT2D eigenvalue weighted by Gasteiger charge is -2.37. The van der Waals surface area contributed by atoms with Crippen molar-refractivity contribution in [2.24, 2.45) is 0 Å². The Morgan fingerprint density at radius 2 is 1.41 bits per heavy atom. The Balaban J connectivity index is 2.20. The maximum Gasteiger partial charge on any atom is 0.255 e. The number of rotatable bonds is 6. The van der Waals surface area contributed by atoms with Gasteiger partial charge >= 0.3 is 0 Å². The van der Waals surface area contributed by atoms with Crippen LogP contribution in [0.15, 0.2) is 72.8 Å². The number of nitrogens with zero attached hydrogens (tertiary/aromatic N) is 1. The normalized spacial score (nSPS) is 13.6. The summed E-state index contributed by atoms with van der Waals surface area (Å²) in [5.41, 5.74) is 1.69. The lowest BCUT2D eigenvalue weighted by Crippen LogP contribution is -2.43. The fourth-order valence-corrected chi connectivity index (χ4v) is 3.89. The van der Waals surface area contributed by atoms with Gasteiger partial charge in [-0.05, 0) is 49.3 Å². The maximum absolute atomic E-state index is 13.0. The summed E-state index contributed by atoms with van der Waals surface area (Å²) in [6.07, 6.45) is 3.38. The van der Waals surface area contributed by atoms with Gasteiger partial charge in [0.25, 0.3) is 5.91 Å². The van der Waals surface area contributed by atoms with Gasteiger partial charge in [-0.25, -0.2) is 0 Å². The van der Waals surface area contributed by atoms with Crippen LogP contribution in [0.1, 0.15) is 27.7 Å². The van der Waals surface area contributed by atoms with E-state index < -0.39 is 8.32 Å². The molecule has 0 heterocycles. The summed E-state index contributed by atoms with van der Waals surface area (Å²) in [6, 6.07) is 19.4. The number of hydrogen-bond acceptors (Lipinski definition) is 2. The fraction of sp³-hybridized carbons (Fsp3) is 0.348. The van der Waals surface area contributed by atoms with E-state index in [1.165, 1.54) is 0 Å². The van der Waals surface area contributed by atoms with Crippen LogP contribution < -0.4 is 4.90 Å². The summed E-state index contributed by atoms with van der Waals surface area (Å²) in [6.45, 7) is 13.1. The summed E-state index contributed by atoms with van der Waals surface area (Å²) in [5, 5.41) is 0.138. The van der Waals surface area contributed by atoms with Crippen LogP contribution in [0.25, 0.3) is 0 Å². The van der Waals surface area contributed by atoms with Gasteiger partial charge in [-0.1, -0.05) is 63.2 Å². The number of hydrogen-bond donors (Lipinski definition) is 0. The van der Waals surface area contributed by atoms with E-state index >= 15 is 0 Å². The van der Waals surface area contributed by atoms with Crippen LogP contribution >= 0.6 is 0 Å². The van der Waals surface area contributed by atoms with E-state index in [0.717, 1.165) is 11.4 Å². The van der Waals surface area contributed by atoms with Gasteiger partial charge in [0, 0.05) is 17.5 Å². The topological polar surface area (TPSA) is 29.5 Å². The molecule has 4 heteroatoms. The Bertz CT molecular complexity index is 724. The van der Waals surface area contributed by atoms with E-state index in [1.54, 1.807) is 11.0 Å². The molecule has 0 saturated heterocycles. The Morgan fingerprint density at radius 1 is 0.963 bits per heavy atom. The van der Waals surface area contributed by atoms with Gasteiger partial charge < -0.3 is 4.43 Å². The summed E-state index contributed by atoms with van der Waals surface area (Å²) in [4.78, 5) is 14.7. The average Bonchev–Trinajstić information content (AvgIpc) is 2.61. The lowest BCUT2D eigenvalue weighted by atomic mass is 10.2. The molecule has 0 aliphatic rings. The molecule has 27 heavy (non-hydrogen) atoms. The largest absolute Gasteiger partial charge is 0.411 e. The van der Waals surface area contributed by atoms with Crippen LogP contribution in [0.5, 0.6) is 0 Å². The second kappa shape index (κ2) is 8.68. The van der Waals surface area contributed by atoms with Gasteiger partial charge in [-0.15, -0.1) is 0 Å². The van der Waals surface area contributed by atoms with Gasteiger partial charge in [0.2, 0.25) is 0 Å². The molecule has 0 aromatic heterocycles. The molecule has 3 nitrogen and oxygen atoms in total. The number of para-hydroxylation sites is 2. The van der Waals surface area contributed by atoms with Crippen LogP contribution in [-0.4, -0.2) is 20.3 Å². The van der Waals surface area contributed by atoms with Crippen molar-refractivity contribution in [1.82, 2.24) is 0 Å². The number of carbonyl (C=O) groups excluding carboxylic acids is 1. The van der Waals surface area contributed by atoms with Gasteiger partial charge in [-0.2, -0.15) is 0 Å². The van der Waals surface area contributed by atoms with Gasteiger partial charge in [-0.3, -0.25) is 9.69 Å². The highest BCUT2D eigenvalue weighted by Gasteiger charge is 2.38. The molecule has 0 unspecified atom stereocenters. The van der Waals surface area contributed by atoms with Crippen LogP contribution in [0.2, 0.25) is 18.1 Å². The second-order valence-electron chi connectivity index (χ2n) is 8.29. The predicted octanol–water partition coefficient (Wildman–Crippen LogP) is 6.32. The summed E-state index contributed by atoms with van der Waals surface area (Å²) >= 11 is 0. The highest BCUT2D eigenvalue weighted by atomic mass is 28.4. The van der Waals surface area contributed by atoms with Crippen molar-refractivity contribution in [3.05, 3.63) is 72.8 Å². The molecule has 0 N–H and O–H groups in total. The zero-order chi connectivity index (χ0) is 20.1. The van der Waals surface area contributed by atoms with Crippen molar-refractivity contribution >= 4 is 25.6 Å². The predicted molar refractivity (Wildman–Crippen MR) is 117 cm³/mol. The lowest BCUT2D eigenvalue weighted by molar-refractivity contribution is -0.113.